The molecule has 3 aromatic rings. The molecule has 0 bridgehead atoms. The van der Waals surface area contributed by atoms with Gasteiger partial charge in [-0.05, 0) is 31.0 Å². The van der Waals surface area contributed by atoms with Crippen molar-refractivity contribution in [2.45, 2.75) is 32.9 Å². The molecule has 150 valence electrons. The van der Waals surface area contributed by atoms with Crippen molar-refractivity contribution >= 4 is 17.9 Å². The van der Waals surface area contributed by atoms with Gasteiger partial charge in [0.15, 0.2) is 0 Å². The number of aromatic nitrogens is 4. The van der Waals surface area contributed by atoms with Crippen LogP contribution >= 0.6 is 0 Å². The first kappa shape index (κ1) is 18.9. The molecule has 0 aliphatic carbocycles. The third-order valence-corrected chi connectivity index (χ3v) is 4.74. The van der Waals surface area contributed by atoms with E-state index in [-0.39, 0.29) is 18.0 Å². The van der Waals surface area contributed by atoms with Gasteiger partial charge in [0.1, 0.15) is 18.5 Å². The van der Waals surface area contributed by atoms with E-state index < -0.39 is 6.09 Å². The van der Waals surface area contributed by atoms with Crippen LogP contribution in [0.1, 0.15) is 32.7 Å². The minimum absolute atomic E-state index is 0.0629. The molecule has 3 heterocycles. The summed E-state index contributed by atoms with van der Waals surface area (Å²) >= 11 is 0. The summed E-state index contributed by atoms with van der Waals surface area (Å²) in [4.78, 5) is 22.5. The van der Waals surface area contributed by atoms with Gasteiger partial charge in [0, 0.05) is 11.8 Å². The molecular formula is C20H22N6O3. The van der Waals surface area contributed by atoms with Crippen molar-refractivity contribution in [1.82, 2.24) is 20.2 Å². The Balaban J connectivity index is 1.51. The zero-order chi connectivity index (χ0) is 20.4. The lowest BCUT2D eigenvalue weighted by Gasteiger charge is -2.23. The van der Waals surface area contributed by atoms with E-state index in [4.69, 9.17) is 9.15 Å². The van der Waals surface area contributed by atoms with Crippen LogP contribution < -0.4 is 10.2 Å². The Morgan fingerprint density at radius 3 is 2.69 bits per heavy atom. The molecule has 9 nitrogen and oxygen atoms in total. The molecule has 2 aromatic heterocycles. The summed E-state index contributed by atoms with van der Waals surface area (Å²) in [6.07, 6.45) is 1.20. The molecule has 4 rings (SSSR count). The average Bonchev–Trinajstić information content (AvgIpc) is 3.36. The molecule has 1 aliphatic heterocycles. The van der Waals surface area contributed by atoms with Gasteiger partial charge in [0.05, 0.1) is 6.04 Å². The maximum absolute atomic E-state index is 12.2. The lowest BCUT2D eigenvalue weighted by atomic mass is 10.0. The molecule has 9 heteroatoms. The number of cyclic esters (lactones) is 1. The SMILES string of the molecule is CC(Nc1nccc(N2C(=O)OCC2C(C)C)n1)c1nnc(-c2ccccc2)o1. The summed E-state index contributed by atoms with van der Waals surface area (Å²) in [7, 11) is 0. The monoisotopic (exact) mass is 394 g/mol. The van der Waals surface area contributed by atoms with Crippen molar-refractivity contribution in [3.63, 3.8) is 0 Å². The first-order chi connectivity index (χ1) is 14.0. The maximum Gasteiger partial charge on any atom is 0.415 e. The van der Waals surface area contributed by atoms with Crippen LogP contribution in [-0.4, -0.2) is 38.9 Å². The van der Waals surface area contributed by atoms with E-state index in [1.54, 1.807) is 17.2 Å². The third-order valence-electron chi connectivity index (χ3n) is 4.74. The number of carbonyl (C=O) groups excluding carboxylic acids is 1. The summed E-state index contributed by atoms with van der Waals surface area (Å²) in [6, 6.07) is 10.9. The highest BCUT2D eigenvalue weighted by molar-refractivity contribution is 5.89. The smallest absolute Gasteiger partial charge is 0.415 e. The first-order valence-corrected chi connectivity index (χ1v) is 9.47. The van der Waals surface area contributed by atoms with Crippen molar-refractivity contribution in [3.05, 3.63) is 48.5 Å². The van der Waals surface area contributed by atoms with Gasteiger partial charge in [-0.2, -0.15) is 4.98 Å². The maximum atomic E-state index is 12.2. The van der Waals surface area contributed by atoms with Crippen molar-refractivity contribution in [3.8, 4) is 11.5 Å². The summed E-state index contributed by atoms with van der Waals surface area (Å²) < 4.78 is 11.0. The fourth-order valence-electron chi connectivity index (χ4n) is 3.11. The molecule has 1 aromatic carbocycles. The van der Waals surface area contributed by atoms with Crippen LogP contribution in [-0.2, 0) is 4.74 Å². The number of carbonyl (C=O) groups is 1. The lowest BCUT2D eigenvalue weighted by molar-refractivity contribution is 0.177. The number of hydrogen-bond acceptors (Lipinski definition) is 8. The second-order valence-corrected chi connectivity index (χ2v) is 7.17. The van der Waals surface area contributed by atoms with E-state index in [1.165, 1.54) is 0 Å². The Morgan fingerprint density at radius 1 is 1.14 bits per heavy atom. The van der Waals surface area contributed by atoms with Crippen molar-refractivity contribution in [1.29, 1.82) is 0 Å². The highest BCUT2D eigenvalue weighted by atomic mass is 16.6. The van der Waals surface area contributed by atoms with Gasteiger partial charge >= 0.3 is 6.09 Å². The lowest BCUT2D eigenvalue weighted by Crippen LogP contribution is -2.37. The predicted molar refractivity (Wildman–Crippen MR) is 106 cm³/mol. The van der Waals surface area contributed by atoms with E-state index in [2.05, 4.69) is 25.5 Å². The molecule has 0 saturated carbocycles. The minimum atomic E-state index is -0.397. The third kappa shape index (κ3) is 3.89. The van der Waals surface area contributed by atoms with Crippen molar-refractivity contribution in [2.75, 3.05) is 16.8 Å². The highest BCUT2D eigenvalue weighted by Gasteiger charge is 2.37. The normalized spacial score (nSPS) is 17.4. The summed E-state index contributed by atoms with van der Waals surface area (Å²) in [6.45, 7) is 6.31. The topological polar surface area (TPSA) is 106 Å². The Bertz CT molecular complexity index is 991. The average molecular weight is 394 g/mol. The van der Waals surface area contributed by atoms with Gasteiger partial charge in [-0.15, -0.1) is 10.2 Å². The molecule has 1 fully saturated rings. The minimum Gasteiger partial charge on any atom is -0.447 e. The van der Waals surface area contributed by atoms with Gasteiger partial charge in [0.2, 0.25) is 17.7 Å². The molecule has 1 saturated heterocycles. The molecule has 1 N–H and O–H groups in total. The van der Waals surface area contributed by atoms with Crippen LogP contribution in [0, 0.1) is 5.92 Å². The fraction of sp³-hybridized carbons (Fsp3) is 0.350. The van der Waals surface area contributed by atoms with Gasteiger partial charge < -0.3 is 14.5 Å². The Kier molecular flexibility index (Phi) is 5.11. The number of ether oxygens (including phenoxy) is 1. The van der Waals surface area contributed by atoms with E-state index >= 15 is 0 Å². The summed E-state index contributed by atoms with van der Waals surface area (Å²) in [5.41, 5.74) is 0.851. The molecule has 2 atom stereocenters. The van der Waals surface area contributed by atoms with Crippen LogP contribution in [0.3, 0.4) is 0 Å². The molecular weight excluding hydrogens is 372 g/mol. The zero-order valence-electron chi connectivity index (χ0n) is 16.4. The summed E-state index contributed by atoms with van der Waals surface area (Å²) in [5.74, 6) is 1.95. The molecule has 2 unspecified atom stereocenters. The second-order valence-electron chi connectivity index (χ2n) is 7.17. The number of anilines is 2. The second kappa shape index (κ2) is 7.86. The molecule has 1 aliphatic rings. The van der Waals surface area contributed by atoms with E-state index in [0.717, 1.165) is 5.56 Å². The number of nitrogens with zero attached hydrogens (tertiary/aromatic N) is 5. The standard InChI is InChI=1S/C20H22N6O3/c1-12(2)15-11-28-20(27)26(15)16-9-10-21-19(23-16)22-13(3)17-24-25-18(29-17)14-7-5-4-6-8-14/h4-10,12-13,15H,11H2,1-3H3,(H,21,22,23). The summed E-state index contributed by atoms with van der Waals surface area (Å²) in [5, 5.41) is 11.4. The van der Waals surface area contributed by atoms with E-state index in [1.807, 2.05) is 51.1 Å². The predicted octanol–water partition coefficient (Wildman–Crippen LogP) is 3.68. The largest absolute Gasteiger partial charge is 0.447 e. The highest BCUT2D eigenvalue weighted by Crippen LogP contribution is 2.27. The van der Waals surface area contributed by atoms with Gasteiger partial charge in [-0.1, -0.05) is 32.0 Å². The van der Waals surface area contributed by atoms with Crippen LogP contribution in [0.2, 0.25) is 0 Å². The Hall–Kier alpha value is -3.49. The van der Waals surface area contributed by atoms with Gasteiger partial charge in [-0.25, -0.2) is 9.78 Å². The van der Waals surface area contributed by atoms with Gasteiger partial charge in [-0.3, -0.25) is 4.90 Å². The van der Waals surface area contributed by atoms with E-state index in [0.29, 0.717) is 30.2 Å². The van der Waals surface area contributed by atoms with Crippen LogP contribution in [0.15, 0.2) is 47.0 Å². The van der Waals surface area contributed by atoms with E-state index in [9.17, 15) is 4.79 Å². The van der Waals surface area contributed by atoms with Gasteiger partial charge in [0.25, 0.3) is 0 Å². The van der Waals surface area contributed by atoms with Crippen LogP contribution in [0.5, 0.6) is 0 Å². The number of nitrogens with one attached hydrogen (secondary N) is 1. The molecule has 0 spiro atoms. The Morgan fingerprint density at radius 2 is 1.93 bits per heavy atom. The molecule has 29 heavy (non-hydrogen) atoms. The fourth-order valence-corrected chi connectivity index (χ4v) is 3.11. The quantitative estimate of drug-likeness (QED) is 0.675. The molecule has 0 radical (unpaired) electrons. The Labute approximate surface area is 168 Å². The zero-order valence-corrected chi connectivity index (χ0v) is 16.4. The first-order valence-electron chi connectivity index (χ1n) is 9.47. The number of hydrogen-bond donors (Lipinski definition) is 1. The van der Waals surface area contributed by atoms with Crippen LogP contribution in [0.4, 0.5) is 16.6 Å². The van der Waals surface area contributed by atoms with Crippen LogP contribution in [0.25, 0.3) is 11.5 Å². The molecule has 1 amide bonds. The number of rotatable bonds is 6. The van der Waals surface area contributed by atoms with Crippen molar-refractivity contribution in [2.24, 2.45) is 5.92 Å². The number of benzene rings is 1. The van der Waals surface area contributed by atoms with Crippen molar-refractivity contribution < 1.29 is 13.9 Å². The number of amides is 1.